The van der Waals surface area contributed by atoms with Crippen molar-refractivity contribution in [1.82, 2.24) is 19.7 Å². The molecule has 6 nitrogen and oxygen atoms in total. The number of ether oxygens (including phenoxy) is 1. The Morgan fingerprint density at radius 2 is 2.17 bits per heavy atom. The molecule has 1 aliphatic carbocycles. The van der Waals surface area contributed by atoms with E-state index in [2.05, 4.69) is 15.4 Å². The molecule has 2 fully saturated rings. The maximum Gasteiger partial charge on any atom is 0.277 e. The predicted octanol–water partition coefficient (Wildman–Crippen LogP) is 1.89. The third-order valence-electron chi connectivity index (χ3n) is 5.22. The van der Waals surface area contributed by atoms with E-state index in [1.54, 1.807) is 18.4 Å². The molecule has 1 aliphatic heterocycles. The average molecular weight is 346 g/mol. The van der Waals surface area contributed by atoms with E-state index in [-0.39, 0.29) is 11.1 Å². The molecule has 1 saturated carbocycles. The first-order chi connectivity index (χ1) is 11.5. The second-order valence-corrected chi connectivity index (χ2v) is 7.71. The van der Waals surface area contributed by atoms with Crippen molar-refractivity contribution >= 4 is 11.3 Å². The summed E-state index contributed by atoms with van der Waals surface area (Å²) in [5.74, 6) is 0. The maximum atomic E-state index is 12.5. The van der Waals surface area contributed by atoms with Crippen molar-refractivity contribution in [1.29, 1.82) is 0 Å². The van der Waals surface area contributed by atoms with Gasteiger partial charge in [0, 0.05) is 31.1 Å². The number of aromatic nitrogens is 3. The molecule has 3 heterocycles. The fraction of sp³-hybridized carbons (Fsp3) is 0.588. The number of hydrogen-bond donors (Lipinski definition) is 0. The highest BCUT2D eigenvalue weighted by molar-refractivity contribution is 7.13. The predicted molar refractivity (Wildman–Crippen MR) is 93.3 cm³/mol. The molecule has 2 aromatic rings. The molecule has 128 valence electrons. The summed E-state index contributed by atoms with van der Waals surface area (Å²) in [6.45, 7) is 7.30. The fourth-order valence-corrected chi connectivity index (χ4v) is 4.31. The van der Waals surface area contributed by atoms with E-state index in [1.807, 2.05) is 13.8 Å². The van der Waals surface area contributed by atoms with Crippen molar-refractivity contribution < 1.29 is 4.74 Å². The Hall–Kier alpha value is -1.57. The summed E-state index contributed by atoms with van der Waals surface area (Å²) in [7, 11) is 1.69. The molecule has 1 saturated heterocycles. The summed E-state index contributed by atoms with van der Waals surface area (Å²) in [4.78, 5) is 19.8. The van der Waals surface area contributed by atoms with Gasteiger partial charge in [0.2, 0.25) is 0 Å². The van der Waals surface area contributed by atoms with Gasteiger partial charge in [0.25, 0.3) is 5.56 Å². The Morgan fingerprint density at radius 3 is 2.92 bits per heavy atom. The first-order valence-corrected chi connectivity index (χ1v) is 9.20. The van der Waals surface area contributed by atoms with Gasteiger partial charge in [0.1, 0.15) is 5.01 Å². The Bertz CT molecular complexity index is 838. The molecule has 4 rings (SSSR count). The quantitative estimate of drug-likeness (QED) is 0.849. The van der Waals surface area contributed by atoms with Crippen LogP contribution in [0.15, 0.2) is 10.2 Å². The van der Waals surface area contributed by atoms with Crippen LogP contribution in [0.25, 0.3) is 10.6 Å². The van der Waals surface area contributed by atoms with Crippen LogP contribution < -0.4 is 5.56 Å². The third kappa shape index (κ3) is 2.60. The first-order valence-electron chi connectivity index (χ1n) is 8.32. The Kier molecular flexibility index (Phi) is 3.82. The van der Waals surface area contributed by atoms with E-state index < -0.39 is 0 Å². The van der Waals surface area contributed by atoms with Crippen molar-refractivity contribution in [2.24, 2.45) is 7.05 Å². The second-order valence-electron chi connectivity index (χ2n) is 6.86. The monoisotopic (exact) mass is 346 g/mol. The summed E-state index contributed by atoms with van der Waals surface area (Å²) in [5, 5.41) is 7.12. The molecule has 0 radical (unpaired) electrons. The fourth-order valence-electron chi connectivity index (χ4n) is 3.41. The molecule has 0 unspecified atom stereocenters. The second kappa shape index (κ2) is 5.75. The highest BCUT2D eigenvalue weighted by Crippen LogP contribution is 2.44. The van der Waals surface area contributed by atoms with Crippen LogP contribution in [0.3, 0.4) is 0 Å². The van der Waals surface area contributed by atoms with E-state index >= 15 is 0 Å². The Morgan fingerprint density at radius 1 is 1.38 bits per heavy atom. The number of nitrogens with zero attached hydrogens (tertiary/aromatic N) is 4. The zero-order valence-corrected chi connectivity index (χ0v) is 15.2. The van der Waals surface area contributed by atoms with Gasteiger partial charge in [0.15, 0.2) is 0 Å². The van der Waals surface area contributed by atoms with Gasteiger partial charge in [-0.25, -0.2) is 9.67 Å². The summed E-state index contributed by atoms with van der Waals surface area (Å²) in [6, 6.07) is 0. The SMILES string of the molecule is Cc1nn(C)c(=O)c(-c2nc(CN3CCOCC34CC4)cs2)c1C. The molecule has 0 amide bonds. The Balaban J connectivity index is 1.63. The van der Waals surface area contributed by atoms with E-state index in [1.165, 1.54) is 17.5 Å². The van der Waals surface area contributed by atoms with Crippen LogP contribution in [0.5, 0.6) is 0 Å². The molecule has 0 bridgehead atoms. The van der Waals surface area contributed by atoms with Crippen LogP contribution in [0.1, 0.15) is 29.8 Å². The lowest BCUT2D eigenvalue weighted by Crippen LogP contribution is -2.46. The van der Waals surface area contributed by atoms with E-state index in [0.29, 0.717) is 5.56 Å². The Labute approximate surface area is 145 Å². The maximum absolute atomic E-state index is 12.5. The highest BCUT2D eigenvalue weighted by atomic mass is 32.1. The van der Waals surface area contributed by atoms with Crippen molar-refractivity contribution in [2.45, 2.75) is 38.8 Å². The summed E-state index contributed by atoms with van der Waals surface area (Å²) >= 11 is 1.55. The molecule has 7 heteroatoms. The minimum absolute atomic E-state index is 0.0796. The molecular weight excluding hydrogens is 324 g/mol. The van der Waals surface area contributed by atoms with Gasteiger partial charge in [-0.15, -0.1) is 11.3 Å². The zero-order chi connectivity index (χ0) is 16.9. The topological polar surface area (TPSA) is 60.2 Å². The number of rotatable bonds is 3. The standard InChI is InChI=1S/C17H22N4O2S/c1-11-12(2)19-20(3)16(22)14(11)15-18-13(9-24-15)8-21-6-7-23-10-17(21)4-5-17/h9H,4-8,10H2,1-3H3. The molecule has 1 spiro atoms. The van der Waals surface area contributed by atoms with Gasteiger partial charge in [-0.2, -0.15) is 5.10 Å². The van der Waals surface area contributed by atoms with Gasteiger partial charge in [-0.3, -0.25) is 9.69 Å². The smallest absolute Gasteiger partial charge is 0.277 e. The lowest BCUT2D eigenvalue weighted by atomic mass is 10.1. The molecule has 24 heavy (non-hydrogen) atoms. The van der Waals surface area contributed by atoms with Gasteiger partial charge < -0.3 is 4.74 Å². The van der Waals surface area contributed by atoms with E-state index in [9.17, 15) is 4.79 Å². The van der Waals surface area contributed by atoms with Crippen molar-refractivity contribution in [2.75, 3.05) is 19.8 Å². The van der Waals surface area contributed by atoms with E-state index in [4.69, 9.17) is 9.72 Å². The summed E-state index contributed by atoms with van der Waals surface area (Å²) < 4.78 is 7.04. The van der Waals surface area contributed by atoms with Gasteiger partial charge in [-0.05, 0) is 32.3 Å². The molecule has 0 atom stereocenters. The lowest BCUT2D eigenvalue weighted by Gasteiger charge is -2.35. The van der Waals surface area contributed by atoms with Crippen molar-refractivity contribution in [3.05, 3.63) is 32.7 Å². The van der Waals surface area contributed by atoms with E-state index in [0.717, 1.165) is 48.3 Å². The van der Waals surface area contributed by atoms with Crippen molar-refractivity contribution in [3.8, 4) is 10.6 Å². The van der Waals surface area contributed by atoms with Crippen LogP contribution in [-0.2, 0) is 18.3 Å². The van der Waals surface area contributed by atoms with Gasteiger partial charge in [0.05, 0.1) is 30.2 Å². The number of aryl methyl sites for hydroxylation is 2. The van der Waals surface area contributed by atoms with Crippen molar-refractivity contribution in [3.63, 3.8) is 0 Å². The third-order valence-corrected chi connectivity index (χ3v) is 6.13. The first kappa shape index (κ1) is 15.9. The van der Waals surface area contributed by atoms with Crippen LogP contribution >= 0.6 is 11.3 Å². The van der Waals surface area contributed by atoms with Crippen LogP contribution in [0, 0.1) is 13.8 Å². The minimum atomic E-state index is -0.0796. The number of hydrogen-bond acceptors (Lipinski definition) is 6. The molecule has 2 aliphatic rings. The summed E-state index contributed by atoms with van der Waals surface area (Å²) in [5.41, 5.74) is 3.69. The van der Waals surface area contributed by atoms with Gasteiger partial charge in [-0.1, -0.05) is 0 Å². The van der Waals surface area contributed by atoms with Crippen LogP contribution in [-0.4, -0.2) is 45.0 Å². The normalized spacial score (nSPS) is 19.8. The average Bonchev–Trinajstić information content (AvgIpc) is 3.18. The number of morpholine rings is 1. The molecule has 0 N–H and O–H groups in total. The largest absolute Gasteiger partial charge is 0.378 e. The van der Waals surface area contributed by atoms with Crippen LogP contribution in [0.4, 0.5) is 0 Å². The molecule has 0 aromatic carbocycles. The van der Waals surface area contributed by atoms with Crippen LogP contribution in [0.2, 0.25) is 0 Å². The zero-order valence-electron chi connectivity index (χ0n) is 14.3. The van der Waals surface area contributed by atoms with Gasteiger partial charge >= 0.3 is 0 Å². The molecule has 2 aromatic heterocycles. The number of thiazole rings is 1. The minimum Gasteiger partial charge on any atom is -0.378 e. The summed E-state index contributed by atoms with van der Waals surface area (Å²) in [6.07, 6.45) is 2.43. The highest BCUT2D eigenvalue weighted by Gasteiger charge is 2.49. The molecular formula is C17H22N4O2S. The lowest BCUT2D eigenvalue weighted by molar-refractivity contribution is -0.0249.